The molecule has 0 aromatic heterocycles. The molecular formula is C21H18O3. The highest BCUT2D eigenvalue weighted by Gasteiger charge is 2.21. The Kier molecular flexibility index (Phi) is 4.34. The Morgan fingerprint density at radius 2 is 1.58 bits per heavy atom. The molecule has 0 spiro atoms. The molecule has 1 aliphatic carbocycles. The molecule has 0 saturated carbocycles. The van der Waals surface area contributed by atoms with Crippen molar-refractivity contribution >= 4 is 11.5 Å². The zero-order chi connectivity index (χ0) is 17.1. The number of aryl methyl sites for hydroxylation is 1. The third kappa shape index (κ3) is 3.01. The van der Waals surface area contributed by atoms with Gasteiger partial charge in [0.1, 0.15) is 11.5 Å². The first-order chi connectivity index (χ1) is 11.6. The van der Waals surface area contributed by atoms with Crippen LogP contribution in [-0.4, -0.2) is 18.0 Å². The summed E-state index contributed by atoms with van der Waals surface area (Å²) in [5.74, 6) is 0.693. The van der Waals surface area contributed by atoms with Gasteiger partial charge >= 0.3 is 0 Å². The number of ether oxygens (including phenoxy) is 1. The van der Waals surface area contributed by atoms with Crippen molar-refractivity contribution < 1.29 is 14.6 Å². The summed E-state index contributed by atoms with van der Waals surface area (Å²) in [6.07, 6.45) is 5.26. The minimum absolute atomic E-state index is 0.0816. The molecule has 0 aliphatic heterocycles. The zero-order valence-corrected chi connectivity index (χ0v) is 13.6. The lowest BCUT2D eigenvalue weighted by Gasteiger charge is -2.09. The average Bonchev–Trinajstić information content (AvgIpc) is 3.11. The van der Waals surface area contributed by atoms with E-state index in [0.29, 0.717) is 28.0 Å². The molecule has 0 atom stereocenters. The largest absolute Gasteiger partial charge is 0.507 e. The number of carbonyl (C=O) groups excluding carboxylic acids is 1. The summed E-state index contributed by atoms with van der Waals surface area (Å²) in [6.45, 7) is 1.98. The lowest BCUT2D eigenvalue weighted by atomic mass is 9.96. The second kappa shape index (κ2) is 6.59. The van der Waals surface area contributed by atoms with Crippen molar-refractivity contribution in [3.05, 3.63) is 94.6 Å². The summed E-state index contributed by atoms with van der Waals surface area (Å²) in [7, 11) is 1.59. The molecule has 2 aromatic rings. The fourth-order valence-electron chi connectivity index (χ4n) is 2.59. The number of aliphatic hydroxyl groups is 1. The maximum atomic E-state index is 12.7. The van der Waals surface area contributed by atoms with E-state index in [2.05, 4.69) is 0 Å². The molecule has 24 heavy (non-hydrogen) atoms. The highest BCUT2D eigenvalue weighted by molar-refractivity contribution is 6.14. The van der Waals surface area contributed by atoms with E-state index in [1.807, 2.05) is 19.1 Å². The second-order valence-corrected chi connectivity index (χ2v) is 5.63. The molecule has 2 aromatic carbocycles. The van der Waals surface area contributed by atoms with Crippen molar-refractivity contribution in [3.63, 3.8) is 0 Å². The number of Topliss-reactive ketones (excluding diaryl/α,β-unsaturated/α-hetero) is 1. The molecule has 1 N–H and O–H groups in total. The highest BCUT2D eigenvalue weighted by atomic mass is 16.5. The van der Waals surface area contributed by atoms with Crippen molar-refractivity contribution in [1.29, 1.82) is 0 Å². The van der Waals surface area contributed by atoms with Crippen molar-refractivity contribution in [2.24, 2.45) is 0 Å². The van der Waals surface area contributed by atoms with Gasteiger partial charge in [-0.25, -0.2) is 0 Å². The number of rotatable bonds is 4. The van der Waals surface area contributed by atoms with Gasteiger partial charge in [-0.2, -0.15) is 0 Å². The van der Waals surface area contributed by atoms with Crippen LogP contribution in [0, 0.1) is 6.92 Å². The summed E-state index contributed by atoms with van der Waals surface area (Å²) >= 11 is 0. The summed E-state index contributed by atoms with van der Waals surface area (Å²) in [4.78, 5) is 12.7. The molecule has 3 rings (SSSR count). The molecule has 0 saturated heterocycles. The van der Waals surface area contributed by atoms with Gasteiger partial charge in [-0.3, -0.25) is 4.79 Å². The zero-order valence-electron chi connectivity index (χ0n) is 13.6. The van der Waals surface area contributed by atoms with E-state index in [1.54, 1.807) is 61.7 Å². The number of ketones is 1. The van der Waals surface area contributed by atoms with Crippen LogP contribution in [-0.2, 0) is 0 Å². The summed E-state index contributed by atoms with van der Waals surface area (Å²) in [5, 5.41) is 10.6. The predicted molar refractivity (Wildman–Crippen MR) is 95.3 cm³/mol. The maximum absolute atomic E-state index is 12.7. The number of methoxy groups -OCH3 is 1. The van der Waals surface area contributed by atoms with Crippen molar-refractivity contribution in [1.82, 2.24) is 0 Å². The number of carbonyl (C=O) groups is 1. The molecule has 0 radical (unpaired) electrons. The topological polar surface area (TPSA) is 46.5 Å². The minimum atomic E-state index is -0.102. The van der Waals surface area contributed by atoms with Crippen LogP contribution in [0.25, 0.3) is 5.76 Å². The van der Waals surface area contributed by atoms with Crippen LogP contribution in [0.15, 0.2) is 77.9 Å². The number of aliphatic hydroxyl groups excluding tert-OH is 1. The predicted octanol–water partition coefficient (Wildman–Crippen LogP) is 4.65. The molecule has 3 heteroatoms. The molecule has 1 aliphatic rings. The van der Waals surface area contributed by atoms with Gasteiger partial charge in [0.05, 0.1) is 7.11 Å². The van der Waals surface area contributed by atoms with E-state index in [4.69, 9.17) is 4.74 Å². The molecule has 0 unspecified atom stereocenters. The fourth-order valence-corrected chi connectivity index (χ4v) is 2.59. The normalized spacial score (nSPS) is 15.2. The van der Waals surface area contributed by atoms with Crippen LogP contribution < -0.4 is 4.74 Å². The summed E-state index contributed by atoms with van der Waals surface area (Å²) in [5.41, 5.74) is 3.37. The van der Waals surface area contributed by atoms with Crippen molar-refractivity contribution in [2.75, 3.05) is 7.11 Å². The number of benzene rings is 2. The van der Waals surface area contributed by atoms with Gasteiger partial charge in [-0.15, -0.1) is 0 Å². The third-order valence-corrected chi connectivity index (χ3v) is 3.99. The smallest absolute Gasteiger partial charge is 0.193 e. The van der Waals surface area contributed by atoms with Gasteiger partial charge < -0.3 is 9.84 Å². The van der Waals surface area contributed by atoms with Crippen LogP contribution in [0.3, 0.4) is 0 Å². The Labute approximate surface area is 141 Å². The standard InChI is InChI=1S/C21H18O3/c1-14-6-8-15(9-7-14)20(22)18-4-3-5-19(18)21(23)16-10-12-17(24-2)13-11-16/h3-13,23H,1-2H3/b21-19-. The lowest BCUT2D eigenvalue weighted by Crippen LogP contribution is -2.05. The van der Waals surface area contributed by atoms with E-state index >= 15 is 0 Å². The van der Waals surface area contributed by atoms with E-state index < -0.39 is 0 Å². The first kappa shape index (κ1) is 15.8. The Bertz CT molecular complexity index is 851. The highest BCUT2D eigenvalue weighted by Crippen LogP contribution is 2.30. The molecule has 0 bridgehead atoms. The third-order valence-electron chi connectivity index (χ3n) is 3.99. The van der Waals surface area contributed by atoms with Crippen LogP contribution >= 0.6 is 0 Å². The molecule has 3 nitrogen and oxygen atoms in total. The Morgan fingerprint density at radius 1 is 0.958 bits per heavy atom. The SMILES string of the molecule is COc1ccc(/C(O)=C2\C=CC=C2C(=O)c2ccc(C)cc2)cc1. The van der Waals surface area contributed by atoms with Crippen LogP contribution in [0.5, 0.6) is 5.75 Å². The van der Waals surface area contributed by atoms with Crippen LogP contribution in [0.2, 0.25) is 0 Å². The van der Waals surface area contributed by atoms with Crippen molar-refractivity contribution in [3.8, 4) is 5.75 Å². The second-order valence-electron chi connectivity index (χ2n) is 5.63. The lowest BCUT2D eigenvalue weighted by molar-refractivity contribution is 0.103. The van der Waals surface area contributed by atoms with Gasteiger partial charge in [0.25, 0.3) is 0 Å². The van der Waals surface area contributed by atoms with E-state index in [-0.39, 0.29) is 11.5 Å². The fraction of sp³-hybridized carbons (Fsp3) is 0.0952. The van der Waals surface area contributed by atoms with Crippen LogP contribution in [0.1, 0.15) is 21.5 Å². The number of hydrogen-bond donors (Lipinski definition) is 1. The number of hydrogen-bond acceptors (Lipinski definition) is 3. The van der Waals surface area contributed by atoms with Crippen LogP contribution in [0.4, 0.5) is 0 Å². The van der Waals surface area contributed by atoms with E-state index in [1.165, 1.54) is 0 Å². The van der Waals surface area contributed by atoms with Gasteiger partial charge in [-0.1, -0.05) is 48.1 Å². The van der Waals surface area contributed by atoms with Crippen molar-refractivity contribution in [2.45, 2.75) is 6.92 Å². The maximum Gasteiger partial charge on any atom is 0.193 e. The first-order valence-corrected chi connectivity index (χ1v) is 7.68. The van der Waals surface area contributed by atoms with Gasteiger partial charge in [0.2, 0.25) is 0 Å². The molecular weight excluding hydrogens is 300 g/mol. The Balaban J connectivity index is 1.94. The van der Waals surface area contributed by atoms with E-state index in [9.17, 15) is 9.90 Å². The Morgan fingerprint density at radius 3 is 2.21 bits per heavy atom. The summed E-state index contributed by atoms with van der Waals surface area (Å²) in [6, 6.07) is 14.5. The van der Waals surface area contributed by atoms with E-state index in [0.717, 1.165) is 5.56 Å². The molecule has 0 heterocycles. The van der Waals surface area contributed by atoms with Gasteiger partial charge in [0, 0.05) is 22.3 Å². The minimum Gasteiger partial charge on any atom is -0.507 e. The molecule has 0 fully saturated rings. The number of allylic oxidation sites excluding steroid dienone is 5. The molecule has 120 valence electrons. The van der Waals surface area contributed by atoms with Gasteiger partial charge in [0.15, 0.2) is 5.78 Å². The Hall–Kier alpha value is -3.07. The monoisotopic (exact) mass is 318 g/mol. The summed E-state index contributed by atoms with van der Waals surface area (Å²) < 4.78 is 5.12. The average molecular weight is 318 g/mol. The molecule has 0 amide bonds. The quantitative estimate of drug-likeness (QED) is 0.659. The first-order valence-electron chi connectivity index (χ1n) is 7.68. The van der Waals surface area contributed by atoms with Gasteiger partial charge in [-0.05, 0) is 31.2 Å².